The lowest BCUT2D eigenvalue weighted by Crippen LogP contribution is -2.34. The molecule has 0 radical (unpaired) electrons. The summed E-state index contributed by atoms with van der Waals surface area (Å²) in [7, 11) is 0. The quantitative estimate of drug-likeness (QED) is 0.796. The first-order chi connectivity index (χ1) is 7.19. The molecule has 0 unspecified atom stereocenters. The van der Waals surface area contributed by atoms with Crippen molar-refractivity contribution in [3.8, 4) is 0 Å². The predicted octanol–water partition coefficient (Wildman–Crippen LogP) is 1.39. The van der Waals surface area contributed by atoms with Gasteiger partial charge in [0, 0.05) is 12.2 Å². The van der Waals surface area contributed by atoms with Crippen LogP contribution in [0.5, 0.6) is 0 Å². The van der Waals surface area contributed by atoms with Crippen LogP contribution in [0.15, 0.2) is 24.3 Å². The summed E-state index contributed by atoms with van der Waals surface area (Å²) < 4.78 is 12.9. The minimum Gasteiger partial charge on any atom is -0.395 e. The van der Waals surface area contributed by atoms with Crippen LogP contribution in [0.25, 0.3) is 0 Å². The number of aliphatic hydroxyl groups is 1. The Morgan fingerprint density at radius 2 is 2.27 bits per heavy atom. The average Bonchev–Trinajstić information content (AvgIpc) is 2.25. The molecule has 82 valence electrons. The average molecular weight is 232 g/mol. The number of anilines is 1. The predicted molar refractivity (Wildman–Crippen MR) is 56.6 cm³/mol. The van der Waals surface area contributed by atoms with Crippen molar-refractivity contribution in [2.75, 3.05) is 23.9 Å². The summed E-state index contributed by atoms with van der Waals surface area (Å²) in [5.74, 6) is -0.995. The van der Waals surface area contributed by atoms with E-state index in [1.807, 2.05) is 0 Å². The fourth-order valence-corrected chi connectivity index (χ4v) is 1.36. The zero-order valence-electron chi connectivity index (χ0n) is 7.99. The Morgan fingerprint density at radius 1 is 1.53 bits per heavy atom. The summed E-state index contributed by atoms with van der Waals surface area (Å²) in [6, 6.07) is 5.59. The number of halogens is 2. The van der Waals surface area contributed by atoms with E-state index in [0.29, 0.717) is 5.69 Å². The molecule has 0 spiro atoms. The molecule has 3 nitrogen and oxygen atoms in total. The maximum absolute atomic E-state index is 12.9. The first-order valence-corrected chi connectivity index (χ1v) is 4.95. The third-order valence-electron chi connectivity index (χ3n) is 1.86. The summed E-state index contributed by atoms with van der Waals surface area (Å²) in [6.07, 6.45) is 0. The number of hydrogen-bond donors (Lipinski definition) is 1. The van der Waals surface area contributed by atoms with E-state index in [9.17, 15) is 9.18 Å². The van der Waals surface area contributed by atoms with Crippen LogP contribution in [-0.2, 0) is 4.79 Å². The standard InChI is InChI=1S/C10H11ClFNO2/c11-7-10(15)13(4-5-14)9-3-1-2-8(12)6-9/h1-3,6,14H,4-5,7H2. The van der Waals surface area contributed by atoms with Gasteiger partial charge in [0.25, 0.3) is 0 Å². The van der Waals surface area contributed by atoms with Crippen LogP contribution in [-0.4, -0.2) is 30.0 Å². The summed E-state index contributed by atoms with van der Waals surface area (Å²) in [6.45, 7) is -0.0891. The van der Waals surface area contributed by atoms with Gasteiger partial charge in [-0.2, -0.15) is 0 Å². The Morgan fingerprint density at radius 3 is 2.80 bits per heavy atom. The van der Waals surface area contributed by atoms with E-state index in [-0.39, 0.29) is 24.9 Å². The number of rotatable bonds is 4. The van der Waals surface area contributed by atoms with E-state index in [4.69, 9.17) is 16.7 Å². The van der Waals surface area contributed by atoms with Crippen molar-refractivity contribution < 1.29 is 14.3 Å². The van der Waals surface area contributed by atoms with Gasteiger partial charge in [-0.05, 0) is 18.2 Å². The topological polar surface area (TPSA) is 40.5 Å². The Labute approximate surface area is 92.1 Å². The first-order valence-electron chi connectivity index (χ1n) is 4.41. The molecule has 1 rings (SSSR count). The number of amides is 1. The zero-order chi connectivity index (χ0) is 11.3. The first kappa shape index (κ1) is 11.9. The van der Waals surface area contributed by atoms with Gasteiger partial charge in [0.1, 0.15) is 11.7 Å². The van der Waals surface area contributed by atoms with Crippen LogP contribution < -0.4 is 4.90 Å². The number of carbonyl (C=O) groups excluding carboxylic acids is 1. The molecule has 0 aromatic heterocycles. The number of carbonyl (C=O) groups is 1. The van der Waals surface area contributed by atoms with Gasteiger partial charge >= 0.3 is 0 Å². The number of nitrogens with zero attached hydrogens (tertiary/aromatic N) is 1. The minimum absolute atomic E-state index is 0.106. The van der Waals surface area contributed by atoms with E-state index in [2.05, 4.69) is 0 Å². The van der Waals surface area contributed by atoms with Crippen molar-refractivity contribution in [3.63, 3.8) is 0 Å². The molecule has 1 amide bonds. The maximum atomic E-state index is 12.9. The molecule has 0 bridgehead atoms. The van der Waals surface area contributed by atoms with Crippen molar-refractivity contribution in [3.05, 3.63) is 30.1 Å². The molecule has 5 heteroatoms. The molecule has 0 atom stereocenters. The molecule has 0 aliphatic rings. The number of aliphatic hydroxyl groups excluding tert-OH is 1. The van der Waals surface area contributed by atoms with Gasteiger partial charge in [-0.3, -0.25) is 4.79 Å². The van der Waals surface area contributed by atoms with E-state index < -0.39 is 5.82 Å². The van der Waals surface area contributed by atoms with Gasteiger partial charge in [-0.15, -0.1) is 11.6 Å². The smallest absolute Gasteiger partial charge is 0.241 e. The van der Waals surface area contributed by atoms with Crippen LogP contribution in [0.3, 0.4) is 0 Å². The number of hydrogen-bond acceptors (Lipinski definition) is 2. The van der Waals surface area contributed by atoms with Gasteiger partial charge in [-0.1, -0.05) is 6.07 Å². The molecule has 1 N–H and O–H groups in total. The van der Waals surface area contributed by atoms with Gasteiger partial charge in [0.15, 0.2) is 0 Å². The number of alkyl halides is 1. The molecular weight excluding hydrogens is 221 g/mol. The zero-order valence-corrected chi connectivity index (χ0v) is 8.75. The second-order valence-electron chi connectivity index (χ2n) is 2.88. The fraction of sp³-hybridized carbons (Fsp3) is 0.300. The molecule has 1 aromatic rings. The van der Waals surface area contributed by atoms with E-state index in [1.165, 1.54) is 23.1 Å². The SMILES string of the molecule is O=C(CCl)N(CCO)c1cccc(F)c1. The molecule has 0 saturated heterocycles. The summed E-state index contributed by atoms with van der Waals surface area (Å²) in [5, 5.41) is 8.78. The molecule has 0 fully saturated rings. The van der Waals surface area contributed by atoms with Gasteiger partial charge in [0.2, 0.25) is 5.91 Å². The van der Waals surface area contributed by atoms with E-state index >= 15 is 0 Å². The molecule has 0 aliphatic carbocycles. The summed E-state index contributed by atoms with van der Waals surface area (Å²) in [5.41, 5.74) is 0.398. The molecular formula is C10H11ClFNO2. The van der Waals surface area contributed by atoms with Crippen molar-refractivity contribution in [1.82, 2.24) is 0 Å². The van der Waals surface area contributed by atoms with E-state index in [0.717, 1.165) is 0 Å². The fourth-order valence-electron chi connectivity index (χ4n) is 1.21. The second-order valence-corrected chi connectivity index (χ2v) is 3.15. The van der Waals surface area contributed by atoms with Crippen LogP contribution in [0.2, 0.25) is 0 Å². The van der Waals surface area contributed by atoms with Crippen molar-refractivity contribution >= 4 is 23.2 Å². The van der Waals surface area contributed by atoms with E-state index in [1.54, 1.807) is 6.07 Å². The highest BCUT2D eigenvalue weighted by atomic mass is 35.5. The van der Waals surface area contributed by atoms with Crippen LogP contribution >= 0.6 is 11.6 Å². The normalized spacial score (nSPS) is 10.1. The Bertz CT molecular complexity index is 346. The third kappa shape index (κ3) is 3.18. The van der Waals surface area contributed by atoms with Gasteiger partial charge < -0.3 is 10.0 Å². The van der Waals surface area contributed by atoms with Crippen molar-refractivity contribution in [2.24, 2.45) is 0 Å². The molecule has 1 aromatic carbocycles. The Balaban J connectivity index is 2.93. The Hall–Kier alpha value is -1.13. The van der Waals surface area contributed by atoms with Crippen LogP contribution in [0.1, 0.15) is 0 Å². The lowest BCUT2D eigenvalue weighted by atomic mass is 10.2. The molecule has 0 saturated carbocycles. The summed E-state index contributed by atoms with van der Waals surface area (Å²) >= 11 is 5.41. The highest BCUT2D eigenvalue weighted by Crippen LogP contribution is 2.15. The van der Waals surface area contributed by atoms with Crippen molar-refractivity contribution in [2.45, 2.75) is 0 Å². The number of benzene rings is 1. The molecule has 0 heterocycles. The monoisotopic (exact) mass is 231 g/mol. The largest absolute Gasteiger partial charge is 0.395 e. The van der Waals surface area contributed by atoms with Gasteiger partial charge in [-0.25, -0.2) is 4.39 Å². The lowest BCUT2D eigenvalue weighted by Gasteiger charge is -2.20. The molecule has 15 heavy (non-hydrogen) atoms. The van der Waals surface area contributed by atoms with Crippen LogP contribution in [0.4, 0.5) is 10.1 Å². The lowest BCUT2D eigenvalue weighted by molar-refractivity contribution is -0.116. The maximum Gasteiger partial charge on any atom is 0.241 e. The minimum atomic E-state index is -0.433. The molecule has 0 aliphatic heterocycles. The highest BCUT2D eigenvalue weighted by molar-refractivity contribution is 6.29. The summed E-state index contributed by atoms with van der Waals surface area (Å²) in [4.78, 5) is 12.6. The van der Waals surface area contributed by atoms with Crippen molar-refractivity contribution in [1.29, 1.82) is 0 Å². The highest BCUT2D eigenvalue weighted by Gasteiger charge is 2.14. The Kier molecular flexibility index (Phi) is 4.52. The second kappa shape index (κ2) is 5.68. The van der Waals surface area contributed by atoms with Crippen LogP contribution in [0, 0.1) is 5.82 Å². The third-order valence-corrected chi connectivity index (χ3v) is 2.09. The van der Waals surface area contributed by atoms with Gasteiger partial charge in [0.05, 0.1) is 6.61 Å².